The van der Waals surface area contributed by atoms with Crippen LogP contribution in [0.3, 0.4) is 0 Å². The van der Waals surface area contributed by atoms with Gasteiger partial charge in [0.2, 0.25) is 0 Å². The topological polar surface area (TPSA) is 36.3 Å². The first-order chi connectivity index (χ1) is 8.28. The minimum absolute atomic E-state index is 0.644. The minimum Gasteiger partial charge on any atom is -0.454 e. The van der Waals surface area contributed by atoms with Gasteiger partial charge in [0.1, 0.15) is 5.75 Å². The molecule has 0 N–H and O–H groups in total. The van der Waals surface area contributed by atoms with Crippen LogP contribution in [0.25, 0.3) is 0 Å². The zero-order valence-corrected chi connectivity index (χ0v) is 11.6. The van der Waals surface area contributed by atoms with Crippen molar-refractivity contribution >= 4 is 22.6 Å². The Hall–Kier alpha value is -1.08. The van der Waals surface area contributed by atoms with E-state index in [-0.39, 0.29) is 0 Å². The first-order valence-electron chi connectivity index (χ1n) is 5.23. The van der Waals surface area contributed by atoms with Gasteiger partial charge >= 0.3 is 0 Å². The van der Waals surface area contributed by atoms with Crippen molar-refractivity contribution in [3.63, 3.8) is 0 Å². The van der Waals surface area contributed by atoms with Gasteiger partial charge in [-0.25, -0.2) is 0 Å². The smallest absolute Gasteiger partial charge is 0.165 e. The Morgan fingerprint density at radius 1 is 1.24 bits per heavy atom. The van der Waals surface area contributed by atoms with Crippen molar-refractivity contribution in [1.82, 2.24) is 9.78 Å². The van der Waals surface area contributed by atoms with E-state index in [4.69, 9.17) is 9.47 Å². The molecule has 0 saturated carbocycles. The Kier molecular flexibility index (Phi) is 4.38. The summed E-state index contributed by atoms with van der Waals surface area (Å²) < 4.78 is 13.6. The van der Waals surface area contributed by atoms with E-state index < -0.39 is 0 Å². The van der Waals surface area contributed by atoms with E-state index in [9.17, 15) is 0 Å². The Balaban J connectivity index is 1.98. The van der Waals surface area contributed by atoms with Crippen LogP contribution in [-0.2, 0) is 11.3 Å². The first kappa shape index (κ1) is 12.4. The standard InChI is InChI=1S/C12H13IN2O2/c1-16-7-6-15-9-12(8-14-15)17-11-4-2-10(13)3-5-11/h2-5,8-9H,6-7H2,1H3. The van der Waals surface area contributed by atoms with E-state index in [0.717, 1.165) is 18.0 Å². The number of methoxy groups -OCH3 is 1. The molecule has 4 nitrogen and oxygen atoms in total. The first-order valence-corrected chi connectivity index (χ1v) is 6.30. The average molecular weight is 344 g/mol. The van der Waals surface area contributed by atoms with Gasteiger partial charge in [-0.1, -0.05) is 0 Å². The van der Waals surface area contributed by atoms with Crippen LogP contribution in [0.4, 0.5) is 0 Å². The van der Waals surface area contributed by atoms with E-state index in [1.54, 1.807) is 18.0 Å². The van der Waals surface area contributed by atoms with Crippen molar-refractivity contribution in [3.05, 3.63) is 40.2 Å². The summed E-state index contributed by atoms with van der Waals surface area (Å²) in [5.41, 5.74) is 0. The summed E-state index contributed by atoms with van der Waals surface area (Å²) in [4.78, 5) is 0. The summed E-state index contributed by atoms with van der Waals surface area (Å²) in [6.45, 7) is 1.37. The highest BCUT2D eigenvalue weighted by Crippen LogP contribution is 2.21. The summed E-state index contributed by atoms with van der Waals surface area (Å²) in [6.07, 6.45) is 3.56. The quantitative estimate of drug-likeness (QED) is 0.783. The number of halogens is 1. The molecule has 0 aliphatic heterocycles. The SMILES string of the molecule is COCCn1cc(Oc2ccc(I)cc2)cn1. The van der Waals surface area contributed by atoms with Crippen molar-refractivity contribution in [2.45, 2.75) is 6.54 Å². The zero-order valence-electron chi connectivity index (χ0n) is 9.47. The van der Waals surface area contributed by atoms with Gasteiger partial charge in [0.15, 0.2) is 5.75 Å². The van der Waals surface area contributed by atoms with E-state index in [0.29, 0.717) is 6.61 Å². The molecule has 0 spiro atoms. The van der Waals surface area contributed by atoms with Gasteiger partial charge in [-0.05, 0) is 46.9 Å². The third kappa shape index (κ3) is 3.71. The molecule has 0 bridgehead atoms. The lowest BCUT2D eigenvalue weighted by molar-refractivity contribution is 0.183. The summed E-state index contributed by atoms with van der Waals surface area (Å²) in [5, 5.41) is 4.18. The lowest BCUT2D eigenvalue weighted by Crippen LogP contribution is -2.03. The molecule has 1 heterocycles. The highest BCUT2D eigenvalue weighted by atomic mass is 127. The van der Waals surface area contributed by atoms with E-state index in [1.165, 1.54) is 3.57 Å². The maximum Gasteiger partial charge on any atom is 0.165 e. The number of benzene rings is 1. The number of rotatable bonds is 5. The molecule has 0 amide bonds. The lowest BCUT2D eigenvalue weighted by atomic mass is 10.3. The van der Waals surface area contributed by atoms with Crippen molar-refractivity contribution in [3.8, 4) is 11.5 Å². The molecule has 90 valence electrons. The van der Waals surface area contributed by atoms with Crippen molar-refractivity contribution in [1.29, 1.82) is 0 Å². The van der Waals surface area contributed by atoms with Crippen LogP contribution in [0.1, 0.15) is 0 Å². The summed E-state index contributed by atoms with van der Waals surface area (Å²) >= 11 is 2.26. The second-order valence-corrected chi connectivity index (χ2v) is 4.73. The minimum atomic E-state index is 0.644. The Bertz CT molecular complexity index is 468. The zero-order chi connectivity index (χ0) is 12.1. The van der Waals surface area contributed by atoms with Gasteiger partial charge in [0.25, 0.3) is 0 Å². The normalized spacial score (nSPS) is 10.5. The van der Waals surface area contributed by atoms with E-state index in [1.807, 2.05) is 30.5 Å². The molecule has 0 radical (unpaired) electrons. The van der Waals surface area contributed by atoms with Crippen LogP contribution in [0.15, 0.2) is 36.7 Å². The van der Waals surface area contributed by atoms with E-state index in [2.05, 4.69) is 27.7 Å². The number of ether oxygens (including phenoxy) is 2. The largest absolute Gasteiger partial charge is 0.454 e. The van der Waals surface area contributed by atoms with Crippen molar-refractivity contribution in [2.24, 2.45) is 0 Å². The molecule has 0 fully saturated rings. The lowest BCUT2D eigenvalue weighted by Gasteiger charge is -2.02. The molecule has 1 aromatic carbocycles. The molecule has 0 aliphatic rings. The number of hydrogen-bond acceptors (Lipinski definition) is 3. The number of hydrogen-bond donors (Lipinski definition) is 0. The van der Waals surface area contributed by atoms with Crippen LogP contribution in [0, 0.1) is 3.57 Å². The number of nitrogens with zero attached hydrogens (tertiary/aromatic N) is 2. The molecular formula is C12H13IN2O2. The van der Waals surface area contributed by atoms with Crippen LogP contribution in [0.5, 0.6) is 11.5 Å². The summed E-state index contributed by atoms with van der Waals surface area (Å²) in [7, 11) is 1.67. The molecule has 2 aromatic rings. The molecule has 17 heavy (non-hydrogen) atoms. The second kappa shape index (κ2) is 6.02. The second-order valence-electron chi connectivity index (χ2n) is 3.49. The number of aromatic nitrogens is 2. The van der Waals surface area contributed by atoms with Gasteiger partial charge in [-0.2, -0.15) is 5.10 Å². The Morgan fingerprint density at radius 2 is 2.00 bits per heavy atom. The van der Waals surface area contributed by atoms with Crippen LogP contribution in [-0.4, -0.2) is 23.5 Å². The maximum absolute atomic E-state index is 5.67. The van der Waals surface area contributed by atoms with Crippen molar-refractivity contribution < 1.29 is 9.47 Å². The van der Waals surface area contributed by atoms with Crippen LogP contribution in [0.2, 0.25) is 0 Å². The summed E-state index contributed by atoms with van der Waals surface area (Å²) in [6, 6.07) is 7.89. The maximum atomic E-state index is 5.67. The van der Waals surface area contributed by atoms with Gasteiger partial charge in [-0.15, -0.1) is 0 Å². The highest BCUT2D eigenvalue weighted by molar-refractivity contribution is 14.1. The summed E-state index contributed by atoms with van der Waals surface area (Å²) in [5.74, 6) is 1.55. The predicted molar refractivity (Wildman–Crippen MR) is 73.3 cm³/mol. The monoisotopic (exact) mass is 344 g/mol. The third-order valence-electron chi connectivity index (χ3n) is 2.18. The Morgan fingerprint density at radius 3 is 2.71 bits per heavy atom. The van der Waals surface area contributed by atoms with Crippen molar-refractivity contribution in [2.75, 3.05) is 13.7 Å². The van der Waals surface area contributed by atoms with Gasteiger partial charge in [0.05, 0.1) is 25.5 Å². The van der Waals surface area contributed by atoms with Gasteiger partial charge in [0, 0.05) is 10.7 Å². The molecule has 2 rings (SSSR count). The fourth-order valence-corrected chi connectivity index (χ4v) is 1.70. The van der Waals surface area contributed by atoms with Gasteiger partial charge < -0.3 is 9.47 Å². The van der Waals surface area contributed by atoms with Gasteiger partial charge in [-0.3, -0.25) is 4.68 Å². The molecule has 0 aliphatic carbocycles. The third-order valence-corrected chi connectivity index (χ3v) is 2.90. The predicted octanol–water partition coefficient (Wildman–Crippen LogP) is 2.93. The molecule has 1 aromatic heterocycles. The Labute approximate surface area is 114 Å². The molecule has 0 saturated heterocycles. The fourth-order valence-electron chi connectivity index (χ4n) is 1.34. The average Bonchev–Trinajstić information content (AvgIpc) is 2.77. The molecule has 0 atom stereocenters. The van der Waals surface area contributed by atoms with Crippen LogP contribution >= 0.6 is 22.6 Å². The molecule has 5 heteroatoms. The highest BCUT2D eigenvalue weighted by Gasteiger charge is 2.01. The fraction of sp³-hybridized carbons (Fsp3) is 0.250. The van der Waals surface area contributed by atoms with Crippen LogP contribution < -0.4 is 4.74 Å². The molecule has 0 unspecified atom stereocenters. The van der Waals surface area contributed by atoms with E-state index >= 15 is 0 Å². The molecular weight excluding hydrogens is 331 g/mol.